The standard InChI is InChI=1S/C14H10ClFO7S2/c15-11-9(6-8-4-2-1-3-5-8)7-10(14(17)18)12(16)13(11)24(19,20)25(21,22)23/h1-5,7H,6H2,(H,17,18)(H,21,22,23). The molecular formula is C14H10ClFO7S2. The van der Waals surface area contributed by atoms with Crippen molar-refractivity contribution in [2.75, 3.05) is 0 Å². The molecule has 0 spiro atoms. The normalized spacial score (nSPS) is 12.1. The average molecular weight is 409 g/mol. The molecule has 2 N–H and O–H groups in total. The summed E-state index contributed by atoms with van der Waals surface area (Å²) in [6, 6.07) is 9.07. The van der Waals surface area contributed by atoms with Crippen molar-refractivity contribution < 1.29 is 35.7 Å². The first-order valence-electron chi connectivity index (χ1n) is 6.47. The van der Waals surface area contributed by atoms with Crippen molar-refractivity contribution in [1.29, 1.82) is 0 Å². The Balaban J connectivity index is 2.82. The van der Waals surface area contributed by atoms with E-state index in [-0.39, 0.29) is 12.0 Å². The first kappa shape index (κ1) is 19.3. The van der Waals surface area contributed by atoms with E-state index in [2.05, 4.69) is 0 Å². The molecule has 11 heteroatoms. The van der Waals surface area contributed by atoms with Crippen LogP contribution in [0.2, 0.25) is 5.02 Å². The summed E-state index contributed by atoms with van der Waals surface area (Å²) in [7, 11) is -11.4. The van der Waals surface area contributed by atoms with Gasteiger partial charge in [-0.2, -0.15) is 8.42 Å². The van der Waals surface area contributed by atoms with Crippen LogP contribution in [-0.4, -0.2) is 32.5 Å². The maximum Gasteiger partial charge on any atom is 0.377 e. The van der Waals surface area contributed by atoms with Gasteiger partial charge in [0.15, 0.2) is 5.82 Å². The maximum atomic E-state index is 14.3. The fraction of sp³-hybridized carbons (Fsp3) is 0.0714. The van der Waals surface area contributed by atoms with Crippen LogP contribution < -0.4 is 0 Å². The molecule has 2 rings (SSSR count). The van der Waals surface area contributed by atoms with Crippen molar-refractivity contribution in [1.82, 2.24) is 0 Å². The summed E-state index contributed by atoms with van der Waals surface area (Å²) < 4.78 is 69.2. The van der Waals surface area contributed by atoms with Crippen molar-refractivity contribution >= 4 is 35.6 Å². The Labute approximate surface area is 146 Å². The number of carboxylic acid groups (broad SMARTS) is 1. The van der Waals surface area contributed by atoms with Crippen LogP contribution in [0, 0.1) is 5.82 Å². The van der Waals surface area contributed by atoms with E-state index in [0.29, 0.717) is 5.56 Å². The van der Waals surface area contributed by atoms with E-state index in [1.165, 1.54) is 0 Å². The number of benzene rings is 2. The van der Waals surface area contributed by atoms with Crippen molar-refractivity contribution in [3.05, 3.63) is 63.9 Å². The molecule has 0 heterocycles. The predicted molar refractivity (Wildman–Crippen MR) is 86.4 cm³/mol. The van der Waals surface area contributed by atoms with Gasteiger partial charge in [-0.25, -0.2) is 17.6 Å². The molecule has 25 heavy (non-hydrogen) atoms. The number of aromatic carboxylic acids is 1. The highest BCUT2D eigenvalue weighted by molar-refractivity contribution is 8.65. The zero-order valence-corrected chi connectivity index (χ0v) is 14.6. The average Bonchev–Trinajstić information content (AvgIpc) is 2.49. The van der Waals surface area contributed by atoms with E-state index in [1.807, 2.05) is 0 Å². The Morgan fingerprint density at radius 2 is 1.68 bits per heavy atom. The fourth-order valence-corrected chi connectivity index (χ4v) is 4.73. The Kier molecular flexibility index (Phi) is 5.19. The van der Waals surface area contributed by atoms with Gasteiger partial charge in [0.2, 0.25) is 0 Å². The van der Waals surface area contributed by atoms with Gasteiger partial charge in [-0.15, -0.1) is 0 Å². The van der Waals surface area contributed by atoms with Crippen LogP contribution in [0.5, 0.6) is 0 Å². The minimum atomic E-state index is -5.78. The lowest BCUT2D eigenvalue weighted by atomic mass is 10.0. The topological polar surface area (TPSA) is 126 Å². The van der Waals surface area contributed by atoms with Gasteiger partial charge in [0.25, 0.3) is 0 Å². The van der Waals surface area contributed by atoms with Gasteiger partial charge in [-0.1, -0.05) is 41.9 Å². The van der Waals surface area contributed by atoms with Crippen LogP contribution in [0.3, 0.4) is 0 Å². The summed E-state index contributed by atoms with van der Waals surface area (Å²) in [4.78, 5) is 9.58. The third-order valence-corrected chi connectivity index (χ3v) is 7.38. The van der Waals surface area contributed by atoms with E-state index in [4.69, 9.17) is 21.3 Å². The number of carboxylic acids is 1. The van der Waals surface area contributed by atoms with Crippen LogP contribution >= 0.6 is 11.6 Å². The van der Waals surface area contributed by atoms with Crippen molar-refractivity contribution in [3.63, 3.8) is 0 Å². The lowest BCUT2D eigenvalue weighted by Crippen LogP contribution is -2.19. The second-order valence-electron chi connectivity index (χ2n) is 4.89. The van der Waals surface area contributed by atoms with Gasteiger partial charge in [-0.3, -0.25) is 4.55 Å². The Hall–Kier alpha value is -2.01. The molecule has 0 saturated heterocycles. The zero-order valence-electron chi connectivity index (χ0n) is 12.2. The van der Waals surface area contributed by atoms with E-state index >= 15 is 0 Å². The Bertz CT molecular complexity index is 1050. The molecule has 0 radical (unpaired) electrons. The van der Waals surface area contributed by atoms with Crippen molar-refractivity contribution in [2.45, 2.75) is 11.3 Å². The van der Waals surface area contributed by atoms with E-state index in [0.717, 1.165) is 6.07 Å². The predicted octanol–water partition coefficient (Wildman–Crippen LogP) is 2.34. The lowest BCUT2D eigenvalue weighted by molar-refractivity contribution is 0.0691. The third kappa shape index (κ3) is 3.66. The number of hydrogen-bond acceptors (Lipinski definition) is 5. The molecule has 0 fully saturated rings. The first-order valence-corrected chi connectivity index (χ1v) is 10.3. The van der Waals surface area contributed by atoms with Gasteiger partial charge in [0.05, 0.1) is 10.6 Å². The molecule has 2 aromatic rings. The molecule has 0 aliphatic rings. The highest BCUT2D eigenvalue weighted by atomic mass is 35.5. The van der Waals surface area contributed by atoms with Gasteiger partial charge >= 0.3 is 24.0 Å². The summed E-state index contributed by atoms with van der Waals surface area (Å²) in [6.07, 6.45) is -0.0891. The Morgan fingerprint density at radius 1 is 1.12 bits per heavy atom. The lowest BCUT2D eigenvalue weighted by Gasteiger charge is -2.13. The molecule has 0 aromatic heterocycles. The maximum absolute atomic E-state index is 14.3. The number of carbonyl (C=O) groups is 1. The molecule has 7 nitrogen and oxygen atoms in total. The quantitative estimate of drug-likeness (QED) is 0.574. The molecule has 0 atom stereocenters. The highest BCUT2D eigenvalue weighted by Crippen LogP contribution is 2.34. The summed E-state index contributed by atoms with van der Waals surface area (Å²) in [6.45, 7) is 0. The number of hydrogen-bond donors (Lipinski definition) is 2. The second-order valence-corrected chi connectivity index (χ2v) is 10.0. The van der Waals surface area contributed by atoms with Crippen LogP contribution in [0.15, 0.2) is 41.3 Å². The molecule has 0 aliphatic heterocycles. The summed E-state index contributed by atoms with van der Waals surface area (Å²) >= 11 is 5.84. The molecule has 2 aromatic carbocycles. The monoisotopic (exact) mass is 408 g/mol. The fourth-order valence-electron chi connectivity index (χ4n) is 2.09. The summed E-state index contributed by atoms with van der Waals surface area (Å²) in [5.41, 5.74) is -0.631. The third-order valence-electron chi connectivity index (χ3n) is 3.23. The molecule has 0 unspecified atom stereocenters. The smallest absolute Gasteiger partial charge is 0.377 e. The van der Waals surface area contributed by atoms with E-state index in [9.17, 15) is 26.0 Å². The molecule has 0 bridgehead atoms. The van der Waals surface area contributed by atoms with Gasteiger partial charge in [0.1, 0.15) is 4.90 Å². The molecular weight excluding hydrogens is 399 g/mol. The minimum absolute atomic E-state index is 0.0891. The largest absolute Gasteiger partial charge is 0.478 e. The minimum Gasteiger partial charge on any atom is -0.478 e. The molecule has 0 aliphatic carbocycles. The van der Waals surface area contributed by atoms with Crippen LogP contribution in [-0.2, 0) is 24.4 Å². The first-order chi connectivity index (χ1) is 11.5. The highest BCUT2D eigenvalue weighted by Gasteiger charge is 2.38. The van der Waals surface area contributed by atoms with Gasteiger partial charge < -0.3 is 5.11 Å². The number of rotatable bonds is 5. The van der Waals surface area contributed by atoms with Crippen LogP contribution in [0.4, 0.5) is 4.39 Å². The number of halogens is 2. The van der Waals surface area contributed by atoms with Crippen LogP contribution in [0.1, 0.15) is 21.5 Å². The zero-order chi connectivity index (χ0) is 19.0. The van der Waals surface area contributed by atoms with Crippen molar-refractivity contribution in [3.8, 4) is 0 Å². The van der Waals surface area contributed by atoms with Crippen LogP contribution in [0.25, 0.3) is 0 Å². The molecule has 134 valence electrons. The van der Waals surface area contributed by atoms with Gasteiger partial charge in [0, 0.05) is 0 Å². The summed E-state index contributed by atoms with van der Waals surface area (Å²) in [5.74, 6) is -3.69. The second kappa shape index (κ2) is 6.71. The van der Waals surface area contributed by atoms with E-state index in [1.54, 1.807) is 30.3 Å². The Morgan fingerprint density at radius 3 is 2.16 bits per heavy atom. The molecule has 0 amide bonds. The summed E-state index contributed by atoms with van der Waals surface area (Å²) in [5, 5.41) is 8.23. The molecule has 0 saturated carbocycles. The SMILES string of the molecule is O=C(O)c1cc(Cc2ccccc2)c(Cl)c(S(=O)(=O)S(=O)(=O)O)c1F. The van der Waals surface area contributed by atoms with Gasteiger partial charge in [-0.05, 0) is 23.6 Å². The van der Waals surface area contributed by atoms with E-state index < -0.39 is 45.3 Å². The van der Waals surface area contributed by atoms with Crippen molar-refractivity contribution in [2.24, 2.45) is 0 Å².